The molecule has 0 aliphatic carbocycles. The van der Waals surface area contributed by atoms with E-state index in [0.29, 0.717) is 11.5 Å². The molecule has 2 atom stereocenters. The molecule has 1 aromatic rings. The molecule has 2 nitrogen and oxygen atoms in total. The summed E-state index contributed by atoms with van der Waals surface area (Å²) in [5.74, 6) is 1.19. The summed E-state index contributed by atoms with van der Waals surface area (Å²) in [7, 11) is 0. The summed E-state index contributed by atoms with van der Waals surface area (Å²) < 4.78 is 0. The van der Waals surface area contributed by atoms with Crippen molar-refractivity contribution in [3.63, 3.8) is 0 Å². The average molecular weight is 307 g/mol. The Bertz CT molecular complexity index is 440. The van der Waals surface area contributed by atoms with Gasteiger partial charge in [0.2, 0.25) is 0 Å². The summed E-state index contributed by atoms with van der Waals surface area (Å²) >= 11 is 1.94. The predicted octanol–water partition coefficient (Wildman–Crippen LogP) is 3.58. The summed E-state index contributed by atoms with van der Waals surface area (Å²) in [6.45, 7) is 12.7. The van der Waals surface area contributed by atoms with Crippen LogP contribution < -0.4 is 5.32 Å². The van der Waals surface area contributed by atoms with Crippen molar-refractivity contribution >= 4 is 11.8 Å². The van der Waals surface area contributed by atoms with Gasteiger partial charge in [-0.05, 0) is 24.2 Å². The first-order chi connectivity index (χ1) is 9.88. The van der Waals surface area contributed by atoms with E-state index < -0.39 is 0 Å². The molecule has 2 unspecified atom stereocenters. The van der Waals surface area contributed by atoms with Crippen molar-refractivity contribution in [1.29, 1.82) is 0 Å². The SMILES string of the molecule is CSCCN1CC(C(C)(C)C)NCC1(C)c1ccccc1. The van der Waals surface area contributed by atoms with Crippen molar-refractivity contribution in [3.05, 3.63) is 35.9 Å². The molecule has 1 aliphatic rings. The van der Waals surface area contributed by atoms with E-state index in [0.717, 1.165) is 19.6 Å². The van der Waals surface area contributed by atoms with Crippen LogP contribution in [0.1, 0.15) is 33.3 Å². The third-order valence-electron chi connectivity index (χ3n) is 4.80. The maximum atomic E-state index is 3.81. The van der Waals surface area contributed by atoms with Crippen LogP contribution in [0.3, 0.4) is 0 Å². The van der Waals surface area contributed by atoms with Crippen molar-refractivity contribution in [3.8, 4) is 0 Å². The topological polar surface area (TPSA) is 15.3 Å². The van der Waals surface area contributed by atoms with Crippen LogP contribution in [-0.2, 0) is 5.54 Å². The molecule has 1 N–H and O–H groups in total. The first-order valence-corrected chi connectivity index (χ1v) is 9.30. The van der Waals surface area contributed by atoms with Crippen LogP contribution in [0.5, 0.6) is 0 Å². The standard InChI is InChI=1S/C18H30N2S/c1-17(2,3)16-13-20(11-12-21-5)18(4,14-19-16)15-9-7-6-8-10-15/h6-10,16,19H,11-14H2,1-5H3. The molecule has 0 aromatic heterocycles. The van der Waals surface area contributed by atoms with Gasteiger partial charge in [0, 0.05) is 31.4 Å². The van der Waals surface area contributed by atoms with Crippen LogP contribution >= 0.6 is 11.8 Å². The van der Waals surface area contributed by atoms with Gasteiger partial charge in [-0.15, -0.1) is 0 Å². The minimum atomic E-state index is 0.0960. The van der Waals surface area contributed by atoms with Gasteiger partial charge in [-0.2, -0.15) is 11.8 Å². The molecule has 1 heterocycles. The van der Waals surface area contributed by atoms with Crippen LogP contribution in [0.25, 0.3) is 0 Å². The minimum absolute atomic E-state index is 0.0960. The maximum Gasteiger partial charge on any atom is 0.0558 e. The number of benzene rings is 1. The Hall–Kier alpha value is -0.510. The first-order valence-electron chi connectivity index (χ1n) is 7.91. The van der Waals surface area contributed by atoms with E-state index in [1.807, 2.05) is 11.8 Å². The van der Waals surface area contributed by atoms with E-state index in [9.17, 15) is 0 Å². The second-order valence-corrected chi connectivity index (χ2v) is 8.36. The summed E-state index contributed by atoms with van der Waals surface area (Å²) in [5.41, 5.74) is 1.82. The van der Waals surface area contributed by atoms with Crippen LogP contribution in [-0.4, -0.2) is 42.6 Å². The molecule has 0 spiro atoms. The van der Waals surface area contributed by atoms with Gasteiger partial charge in [0.15, 0.2) is 0 Å². The van der Waals surface area contributed by atoms with Crippen LogP contribution in [0.2, 0.25) is 0 Å². The number of rotatable bonds is 4. The monoisotopic (exact) mass is 306 g/mol. The van der Waals surface area contributed by atoms with E-state index in [4.69, 9.17) is 0 Å². The molecule has 118 valence electrons. The number of nitrogens with zero attached hydrogens (tertiary/aromatic N) is 1. The molecule has 1 saturated heterocycles. The van der Waals surface area contributed by atoms with Crippen molar-refractivity contribution in [1.82, 2.24) is 10.2 Å². The lowest BCUT2D eigenvalue weighted by atomic mass is 9.80. The lowest BCUT2D eigenvalue weighted by Gasteiger charge is -2.51. The summed E-state index contributed by atoms with van der Waals surface area (Å²) in [6, 6.07) is 11.5. The van der Waals surface area contributed by atoms with Crippen LogP contribution in [0, 0.1) is 5.41 Å². The largest absolute Gasteiger partial charge is 0.310 e. The highest BCUT2D eigenvalue weighted by Gasteiger charge is 2.41. The summed E-state index contributed by atoms with van der Waals surface area (Å²) in [4.78, 5) is 2.69. The van der Waals surface area contributed by atoms with E-state index in [2.05, 4.69) is 74.5 Å². The third-order valence-corrected chi connectivity index (χ3v) is 5.39. The molecule has 0 bridgehead atoms. The molecule has 0 radical (unpaired) electrons. The van der Waals surface area contributed by atoms with Gasteiger partial charge in [-0.3, -0.25) is 4.90 Å². The number of hydrogen-bond acceptors (Lipinski definition) is 3. The molecular formula is C18H30N2S. The molecule has 2 rings (SSSR count). The lowest BCUT2D eigenvalue weighted by molar-refractivity contribution is 0.0273. The Morgan fingerprint density at radius 2 is 1.95 bits per heavy atom. The van der Waals surface area contributed by atoms with Gasteiger partial charge in [0.05, 0.1) is 5.54 Å². The number of hydrogen-bond donors (Lipinski definition) is 1. The molecule has 1 aromatic carbocycles. The van der Waals surface area contributed by atoms with Gasteiger partial charge in [-0.1, -0.05) is 51.1 Å². The van der Waals surface area contributed by atoms with Crippen LogP contribution in [0.15, 0.2) is 30.3 Å². The van der Waals surface area contributed by atoms with Crippen LogP contribution in [0.4, 0.5) is 0 Å². The highest BCUT2D eigenvalue weighted by Crippen LogP contribution is 2.34. The van der Waals surface area contributed by atoms with E-state index >= 15 is 0 Å². The highest BCUT2D eigenvalue weighted by atomic mass is 32.2. The van der Waals surface area contributed by atoms with E-state index in [1.54, 1.807) is 0 Å². The van der Waals surface area contributed by atoms with Crippen molar-refractivity contribution in [2.45, 2.75) is 39.3 Å². The maximum absolute atomic E-state index is 3.81. The molecule has 3 heteroatoms. The van der Waals surface area contributed by atoms with Gasteiger partial charge >= 0.3 is 0 Å². The normalized spacial score (nSPS) is 27.8. The Labute approximate surface area is 134 Å². The second-order valence-electron chi connectivity index (χ2n) is 7.38. The first kappa shape index (κ1) is 16.9. The zero-order valence-corrected chi connectivity index (χ0v) is 15.0. The molecular weight excluding hydrogens is 276 g/mol. The zero-order valence-electron chi connectivity index (χ0n) is 14.1. The number of nitrogens with one attached hydrogen (secondary N) is 1. The fraction of sp³-hybridized carbons (Fsp3) is 0.667. The lowest BCUT2D eigenvalue weighted by Crippen LogP contribution is -2.64. The van der Waals surface area contributed by atoms with Crippen molar-refractivity contribution in [2.75, 3.05) is 31.6 Å². The van der Waals surface area contributed by atoms with Gasteiger partial charge in [0.25, 0.3) is 0 Å². The Kier molecular flexibility index (Phi) is 5.39. The number of thioether (sulfide) groups is 1. The Morgan fingerprint density at radius 1 is 1.29 bits per heavy atom. The predicted molar refractivity (Wildman–Crippen MR) is 95.0 cm³/mol. The average Bonchev–Trinajstić information content (AvgIpc) is 2.46. The quantitative estimate of drug-likeness (QED) is 0.915. The summed E-state index contributed by atoms with van der Waals surface area (Å²) in [5, 5.41) is 3.81. The Balaban J connectivity index is 2.24. The van der Waals surface area contributed by atoms with Crippen molar-refractivity contribution < 1.29 is 0 Å². The van der Waals surface area contributed by atoms with Crippen molar-refractivity contribution in [2.24, 2.45) is 5.41 Å². The minimum Gasteiger partial charge on any atom is -0.310 e. The molecule has 1 aliphatic heterocycles. The zero-order chi connectivity index (χ0) is 15.5. The second kappa shape index (κ2) is 6.72. The smallest absolute Gasteiger partial charge is 0.0558 e. The fourth-order valence-electron chi connectivity index (χ4n) is 3.12. The fourth-order valence-corrected chi connectivity index (χ4v) is 3.52. The summed E-state index contributed by atoms with van der Waals surface area (Å²) in [6.07, 6.45) is 2.20. The van der Waals surface area contributed by atoms with Gasteiger partial charge in [-0.25, -0.2) is 0 Å². The highest BCUT2D eigenvalue weighted by molar-refractivity contribution is 7.98. The van der Waals surface area contributed by atoms with Gasteiger partial charge in [0.1, 0.15) is 0 Å². The third kappa shape index (κ3) is 3.82. The Morgan fingerprint density at radius 3 is 2.52 bits per heavy atom. The van der Waals surface area contributed by atoms with E-state index in [-0.39, 0.29) is 5.54 Å². The molecule has 1 fully saturated rings. The van der Waals surface area contributed by atoms with E-state index in [1.165, 1.54) is 11.3 Å². The van der Waals surface area contributed by atoms with Gasteiger partial charge < -0.3 is 5.32 Å². The molecule has 0 amide bonds. The molecule has 0 saturated carbocycles. The molecule has 21 heavy (non-hydrogen) atoms. The number of piperazine rings is 1.